The molecule has 1 saturated carbocycles. The lowest BCUT2D eigenvalue weighted by atomic mass is 9.93. The van der Waals surface area contributed by atoms with Gasteiger partial charge in [0.25, 0.3) is 0 Å². The van der Waals surface area contributed by atoms with E-state index in [9.17, 15) is 5.11 Å². The van der Waals surface area contributed by atoms with E-state index in [0.29, 0.717) is 12.1 Å². The van der Waals surface area contributed by atoms with E-state index in [2.05, 4.69) is 17.2 Å². The molecule has 0 spiro atoms. The molecule has 0 aromatic carbocycles. The van der Waals surface area contributed by atoms with Crippen molar-refractivity contribution in [2.45, 2.75) is 57.5 Å². The zero-order chi connectivity index (χ0) is 12.1. The van der Waals surface area contributed by atoms with Gasteiger partial charge in [0, 0.05) is 18.3 Å². The number of hydrogen-bond acceptors (Lipinski definition) is 3. The highest BCUT2D eigenvalue weighted by molar-refractivity contribution is 5.24. The first-order chi connectivity index (χ1) is 8.29. The van der Waals surface area contributed by atoms with Gasteiger partial charge in [-0.05, 0) is 30.9 Å². The van der Waals surface area contributed by atoms with Gasteiger partial charge in [0.2, 0.25) is 0 Å². The van der Waals surface area contributed by atoms with Crippen LogP contribution in [0.15, 0.2) is 18.5 Å². The van der Waals surface area contributed by atoms with E-state index in [1.54, 1.807) is 0 Å². The standard InChI is InChI=1S/C14H22N2O/c1-2-14(11-8-13(17)10-15-9-11)16-12-6-4-3-5-7-12/h8-10,12,14,16-17H,2-7H2,1H3. The van der Waals surface area contributed by atoms with Crippen LogP contribution in [0.25, 0.3) is 0 Å². The molecule has 94 valence electrons. The Hall–Kier alpha value is -1.09. The van der Waals surface area contributed by atoms with Crippen LogP contribution in [0.4, 0.5) is 0 Å². The fourth-order valence-corrected chi connectivity index (χ4v) is 2.64. The molecule has 17 heavy (non-hydrogen) atoms. The molecule has 1 atom stereocenters. The number of nitrogens with zero attached hydrogens (tertiary/aromatic N) is 1. The van der Waals surface area contributed by atoms with Gasteiger partial charge in [-0.15, -0.1) is 0 Å². The molecule has 1 unspecified atom stereocenters. The molecule has 1 aromatic heterocycles. The third-order valence-corrected chi connectivity index (χ3v) is 3.60. The summed E-state index contributed by atoms with van der Waals surface area (Å²) in [6, 6.07) is 2.77. The Morgan fingerprint density at radius 3 is 2.76 bits per heavy atom. The Labute approximate surface area is 103 Å². The second kappa shape index (κ2) is 6.01. The maximum absolute atomic E-state index is 9.47. The molecule has 3 nitrogen and oxygen atoms in total. The lowest BCUT2D eigenvalue weighted by Crippen LogP contribution is -2.34. The second-order valence-corrected chi connectivity index (χ2v) is 4.94. The summed E-state index contributed by atoms with van der Waals surface area (Å²) < 4.78 is 0. The molecule has 0 amide bonds. The van der Waals surface area contributed by atoms with Crippen LogP contribution in [0, 0.1) is 0 Å². The summed E-state index contributed by atoms with van der Waals surface area (Å²) in [4.78, 5) is 4.06. The fourth-order valence-electron chi connectivity index (χ4n) is 2.64. The quantitative estimate of drug-likeness (QED) is 0.841. The number of nitrogens with one attached hydrogen (secondary N) is 1. The van der Waals surface area contributed by atoms with Crippen LogP contribution in [0.2, 0.25) is 0 Å². The highest BCUT2D eigenvalue weighted by Crippen LogP contribution is 2.24. The first-order valence-corrected chi connectivity index (χ1v) is 6.69. The van der Waals surface area contributed by atoms with Gasteiger partial charge in [-0.2, -0.15) is 0 Å². The Morgan fingerprint density at radius 2 is 2.12 bits per heavy atom. The van der Waals surface area contributed by atoms with Gasteiger partial charge in [0.1, 0.15) is 5.75 Å². The predicted molar refractivity (Wildman–Crippen MR) is 68.9 cm³/mol. The average Bonchev–Trinajstić information content (AvgIpc) is 2.37. The summed E-state index contributed by atoms with van der Waals surface area (Å²) in [6.07, 6.45) is 11.0. The summed E-state index contributed by atoms with van der Waals surface area (Å²) in [7, 11) is 0. The summed E-state index contributed by atoms with van der Waals surface area (Å²) >= 11 is 0. The van der Waals surface area contributed by atoms with Gasteiger partial charge in [0.05, 0.1) is 6.20 Å². The van der Waals surface area contributed by atoms with Crippen molar-refractivity contribution in [1.29, 1.82) is 0 Å². The first-order valence-electron chi connectivity index (χ1n) is 6.69. The maximum atomic E-state index is 9.47. The molecule has 3 heteroatoms. The summed E-state index contributed by atoms with van der Waals surface area (Å²) in [6.45, 7) is 2.17. The van der Waals surface area contributed by atoms with E-state index in [1.807, 2.05) is 12.3 Å². The highest BCUT2D eigenvalue weighted by Gasteiger charge is 2.18. The molecule has 1 heterocycles. The molecule has 2 rings (SSSR count). The second-order valence-electron chi connectivity index (χ2n) is 4.94. The van der Waals surface area contributed by atoms with E-state index in [1.165, 1.54) is 38.3 Å². The van der Waals surface area contributed by atoms with Crippen LogP contribution in [0.3, 0.4) is 0 Å². The zero-order valence-electron chi connectivity index (χ0n) is 10.5. The van der Waals surface area contributed by atoms with E-state index in [-0.39, 0.29) is 5.75 Å². The first kappa shape index (κ1) is 12.4. The number of aromatic nitrogens is 1. The van der Waals surface area contributed by atoms with Crippen molar-refractivity contribution < 1.29 is 5.11 Å². The Balaban J connectivity index is 2.00. The summed E-state index contributed by atoms with van der Waals surface area (Å²) in [5.41, 5.74) is 1.10. The van der Waals surface area contributed by atoms with Gasteiger partial charge in [-0.1, -0.05) is 26.2 Å². The van der Waals surface area contributed by atoms with Gasteiger partial charge in [-0.3, -0.25) is 4.98 Å². The molecule has 0 aliphatic heterocycles. The number of aromatic hydroxyl groups is 1. The lowest BCUT2D eigenvalue weighted by molar-refractivity contribution is 0.333. The molecule has 1 fully saturated rings. The van der Waals surface area contributed by atoms with Crippen molar-refractivity contribution in [3.63, 3.8) is 0 Å². The number of pyridine rings is 1. The van der Waals surface area contributed by atoms with Crippen LogP contribution < -0.4 is 5.32 Å². The van der Waals surface area contributed by atoms with Crippen molar-refractivity contribution in [3.8, 4) is 5.75 Å². The van der Waals surface area contributed by atoms with Gasteiger partial charge >= 0.3 is 0 Å². The molecule has 1 aromatic rings. The van der Waals surface area contributed by atoms with Crippen molar-refractivity contribution in [3.05, 3.63) is 24.0 Å². The van der Waals surface area contributed by atoms with Crippen LogP contribution in [-0.2, 0) is 0 Å². The smallest absolute Gasteiger partial charge is 0.134 e. The van der Waals surface area contributed by atoms with Crippen LogP contribution in [-0.4, -0.2) is 16.1 Å². The van der Waals surface area contributed by atoms with Crippen molar-refractivity contribution in [1.82, 2.24) is 10.3 Å². The monoisotopic (exact) mass is 234 g/mol. The van der Waals surface area contributed by atoms with E-state index >= 15 is 0 Å². The van der Waals surface area contributed by atoms with Gasteiger partial charge < -0.3 is 10.4 Å². The van der Waals surface area contributed by atoms with E-state index in [4.69, 9.17) is 0 Å². The Bertz CT molecular complexity index is 348. The van der Waals surface area contributed by atoms with Crippen LogP contribution in [0.5, 0.6) is 5.75 Å². The van der Waals surface area contributed by atoms with Crippen LogP contribution in [0.1, 0.15) is 57.1 Å². The molecule has 0 radical (unpaired) electrons. The molecule has 1 aliphatic carbocycles. The molecular weight excluding hydrogens is 212 g/mol. The van der Waals surface area contributed by atoms with Crippen molar-refractivity contribution in [2.24, 2.45) is 0 Å². The maximum Gasteiger partial charge on any atom is 0.134 e. The molecule has 0 bridgehead atoms. The molecule has 1 aliphatic rings. The van der Waals surface area contributed by atoms with Crippen molar-refractivity contribution in [2.75, 3.05) is 0 Å². The highest BCUT2D eigenvalue weighted by atomic mass is 16.3. The largest absolute Gasteiger partial charge is 0.506 e. The minimum absolute atomic E-state index is 0.256. The van der Waals surface area contributed by atoms with E-state index in [0.717, 1.165) is 12.0 Å². The minimum Gasteiger partial charge on any atom is -0.506 e. The fraction of sp³-hybridized carbons (Fsp3) is 0.643. The molecule has 2 N–H and O–H groups in total. The Kier molecular flexibility index (Phi) is 4.37. The normalized spacial score (nSPS) is 19.1. The number of hydrogen-bond donors (Lipinski definition) is 2. The Morgan fingerprint density at radius 1 is 1.35 bits per heavy atom. The third kappa shape index (κ3) is 3.43. The number of rotatable bonds is 4. The predicted octanol–water partition coefficient (Wildman–Crippen LogP) is 3.16. The lowest BCUT2D eigenvalue weighted by Gasteiger charge is -2.28. The van der Waals surface area contributed by atoms with E-state index < -0.39 is 0 Å². The third-order valence-electron chi connectivity index (χ3n) is 3.60. The average molecular weight is 234 g/mol. The van der Waals surface area contributed by atoms with Crippen molar-refractivity contribution >= 4 is 0 Å². The van der Waals surface area contributed by atoms with Gasteiger partial charge in [-0.25, -0.2) is 0 Å². The minimum atomic E-state index is 0.256. The summed E-state index contributed by atoms with van der Waals surface area (Å²) in [5, 5.41) is 13.2. The molecule has 0 saturated heterocycles. The van der Waals surface area contributed by atoms with Gasteiger partial charge in [0.15, 0.2) is 0 Å². The topological polar surface area (TPSA) is 45.2 Å². The summed E-state index contributed by atoms with van der Waals surface area (Å²) in [5.74, 6) is 0.256. The molecular formula is C14H22N2O. The SMILES string of the molecule is CCC(NC1CCCCC1)c1cncc(O)c1. The van der Waals surface area contributed by atoms with Crippen LogP contribution >= 0.6 is 0 Å². The zero-order valence-corrected chi connectivity index (χ0v) is 10.5.